The van der Waals surface area contributed by atoms with Crippen LogP contribution in [0.15, 0.2) is 42.5 Å². The molecule has 0 unspecified atom stereocenters. The van der Waals surface area contributed by atoms with E-state index in [2.05, 4.69) is 19.2 Å². The highest BCUT2D eigenvalue weighted by atomic mass is 16.8. The number of unbranched alkanes of at least 4 members (excludes halogenated alkanes) is 23. The average molecular weight is 928 g/mol. The van der Waals surface area contributed by atoms with Gasteiger partial charge < -0.3 is 38.8 Å². The second-order valence-electron chi connectivity index (χ2n) is 20.4. The van der Waals surface area contributed by atoms with E-state index in [1.165, 1.54) is 122 Å². The SMILES string of the molecule is CCCCCCCCCCCCC/C=C/[C@@H](OC(=O)c1ccccc1)[C@H](CO[C@@H]1O[C@H](COC(=O)C(C)(C)C)[C@@H]2OC(C)(C)O[C@@H]2[C@H]1O)NC(=O)CCCCCCCCCCCCCCC. The van der Waals surface area contributed by atoms with Gasteiger partial charge in [-0.1, -0.05) is 179 Å². The molecule has 2 N–H and O–H groups in total. The van der Waals surface area contributed by atoms with E-state index >= 15 is 0 Å². The molecule has 0 aliphatic carbocycles. The summed E-state index contributed by atoms with van der Waals surface area (Å²) in [7, 11) is 0. The molecule has 378 valence electrons. The molecule has 2 aliphatic rings. The van der Waals surface area contributed by atoms with Gasteiger partial charge >= 0.3 is 11.9 Å². The van der Waals surface area contributed by atoms with Gasteiger partial charge in [0.15, 0.2) is 12.1 Å². The van der Waals surface area contributed by atoms with E-state index < -0.39 is 66.0 Å². The van der Waals surface area contributed by atoms with E-state index in [0.717, 1.165) is 38.5 Å². The van der Waals surface area contributed by atoms with Gasteiger partial charge in [-0.3, -0.25) is 9.59 Å². The third-order valence-electron chi connectivity index (χ3n) is 12.7. The van der Waals surface area contributed by atoms with Crippen molar-refractivity contribution in [3.63, 3.8) is 0 Å². The Labute approximate surface area is 400 Å². The average Bonchev–Trinajstić information content (AvgIpc) is 3.63. The first-order chi connectivity index (χ1) is 31.8. The zero-order valence-electron chi connectivity index (χ0n) is 42.5. The van der Waals surface area contributed by atoms with E-state index in [1.807, 2.05) is 18.2 Å². The predicted octanol–water partition coefficient (Wildman–Crippen LogP) is 12.6. The number of hydrogen-bond acceptors (Lipinski definition) is 10. The molecule has 1 amide bonds. The van der Waals surface area contributed by atoms with Crippen molar-refractivity contribution in [2.75, 3.05) is 13.2 Å². The Kier molecular flexibility index (Phi) is 28.6. The monoisotopic (exact) mass is 928 g/mol. The molecule has 0 bridgehead atoms. The summed E-state index contributed by atoms with van der Waals surface area (Å²) < 4.78 is 36.8. The van der Waals surface area contributed by atoms with Crippen LogP contribution in [-0.2, 0) is 38.0 Å². The number of ether oxygens (including phenoxy) is 6. The standard InChI is InChI=1S/C55H93NO10/c1-8-10-12-14-16-18-20-22-24-26-28-30-35-39-45(63-51(59)43-37-33-32-34-38-43)44(56-47(57)40-36-31-29-27-25-23-21-19-17-15-13-11-9-2)41-61-52-48(58)50-49(65-55(6,7)66-50)46(64-52)42-62-53(60)54(3,4)5/h32-35,37-39,44-46,48-50,52,58H,8-31,36,40-42H2,1-7H3,(H,56,57)/b39-35+/t44-,45+,46+,48+,49-,50+,52+/m0/s1. The molecule has 7 atom stereocenters. The number of allylic oxidation sites excluding steroid dienone is 1. The predicted molar refractivity (Wildman–Crippen MR) is 263 cm³/mol. The van der Waals surface area contributed by atoms with Crippen LogP contribution in [0, 0.1) is 5.41 Å². The van der Waals surface area contributed by atoms with Gasteiger partial charge in [-0.15, -0.1) is 0 Å². The lowest BCUT2D eigenvalue weighted by Gasteiger charge is -2.40. The van der Waals surface area contributed by atoms with Crippen LogP contribution in [0.25, 0.3) is 0 Å². The number of esters is 2. The normalized spacial score (nSPS) is 21.4. The van der Waals surface area contributed by atoms with Crippen molar-refractivity contribution in [3.05, 3.63) is 48.0 Å². The second kappa shape index (κ2) is 32.8. The number of amides is 1. The van der Waals surface area contributed by atoms with Crippen LogP contribution in [0.1, 0.15) is 226 Å². The minimum absolute atomic E-state index is 0.137. The number of aliphatic hydroxyl groups is 1. The molecular formula is C55H93NO10. The summed E-state index contributed by atoms with van der Waals surface area (Å²) >= 11 is 0. The van der Waals surface area contributed by atoms with Crippen molar-refractivity contribution in [2.24, 2.45) is 5.41 Å². The van der Waals surface area contributed by atoms with Crippen LogP contribution in [-0.4, -0.2) is 84.8 Å². The Balaban J connectivity index is 1.69. The van der Waals surface area contributed by atoms with E-state index in [1.54, 1.807) is 58.9 Å². The first-order valence-electron chi connectivity index (χ1n) is 26.5. The summed E-state index contributed by atoms with van der Waals surface area (Å²) in [6.07, 6.45) is 28.8. The van der Waals surface area contributed by atoms with Gasteiger partial charge in [0, 0.05) is 6.42 Å². The molecule has 0 saturated carbocycles. The number of fused-ring (bicyclic) bond motifs is 1. The minimum atomic E-state index is -1.27. The molecule has 2 saturated heterocycles. The van der Waals surface area contributed by atoms with Gasteiger partial charge in [0.1, 0.15) is 37.1 Å². The number of benzene rings is 1. The third-order valence-corrected chi connectivity index (χ3v) is 12.7. The van der Waals surface area contributed by atoms with Crippen LogP contribution in [0.3, 0.4) is 0 Å². The Hall–Kier alpha value is -2.83. The largest absolute Gasteiger partial charge is 0.462 e. The second-order valence-corrected chi connectivity index (χ2v) is 20.4. The highest BCUT2D eigenvalue weighted by Crippen LogP contribution is 2.38. The van der Waals surface area contributed by atoms with Crippen LogP contribution in [0.2, 0.25) is 0 Å². The Morgan fingerprint density at radius 2 is 1.23 bits per heavy atom. The highest BCUT2D eigenvalue weighted by Gasteiger charge is 2.55. The molecule has 0 spiro atoms. The molecule has 11 heteroatoms. The maximum absolute atomic E-state index is 13.7. The number of rotatable bonds is 36. The van der Waals surface area contributed by atoms with Crippen molar-refractivity contribution in [1.29, 1.82) is 0 Å². The van der Waals surface area contributed by atoms with E-state index in [9.17, 15) is 19.5 Å². The molecule has 0 radical (unpaired) electrons. The third kappa shape index (κ3) is 23.5. The minimum Gasteiger partial charge on any atom is -0.462 e. The van der Waals surface area contributed by atoms with Crippen LogP contribution in [0.5, 0.6) is 0 Å². The lowest BCUT2D eigenvalue weighted by molar-refractivity contribution is -0.285. The molecule has 2 aliphatic heterocycles. The van der Waals surface area contributed by atoms with Crippen molar-refractivity contribution < 1.29 is 47.9 Å². The van der Waals surface area contributed by atoms with Crippen LogP contribution < -0.4 is 5.32 Å². The maximum Gasteiger partial charge on any atom is 0.338 e. The highest BCUT2D eigenvalue weighted by molar-refractivity contribution is 5.89. The molecule has 66 heavy (non-hydrogen) atoms. The number of hydrogen-bond donors (Lipinski definition) is 2. The van der Waals surface area contributed by atoms with E-state index in [4.69, 9.17) is 28.4 Å². The molecule has 2 heterocycles. The quantitative estimate of drug-likeness (QED) is 0.0380. The number of carbonyl (C=O) groups is 3. The zero-order chi connectivity index (χ0) is 48.0. The molecule has 1 aromatic carbocycles. The summed E-state index contributed by atoms with van der Waals surface area (Å²) in [5, 5.41) is 14.7. The number of nitrogens with one attached hydrogen (secondary N) is 1. The van der Waals surface area contributed by atoms with Gasteiger partial charge in [0.05, 0.1) is 23.6 Å². The number of aliphatic hydroxyl groups excluding tert-OH is 1. The van der Waals surface area contributed by atoms with Crippen molar-refractivity contribution in [3.8, 4) is 0 Å². The number of carbonyl (C=O) groups excluding carboxylic acids is 3. The molecule has 0 aromatic heterocycles. The Morgan fingerprint density at radius 3 is 1.76 bits per heavy atom. The van der Waals surface area contributed by atoms with Crippen LogP contribution in [0.4, 0.5) is 0 Å². The zero-order valence-corrected chi connectivity index (χ0v) is 42.5. The van der Waals surface area contributed by atoms with E-state index in [0.29, 0.717) is 12.0 Å². The fourth-order valence-electron chi connectivity index (χ4n) is 8.68. The van der Waals surface area contributed by atoms with Crippen molar-refractivity contribution in [1.82, 2.24) is 5.32 Å². The Bertz CT molecular complexity index is 1480. The summed E-state index contributed by atoms with van der Waals surface area (Å²) in [5.41, 5.74) is -0.342. The summed E-state index contributed by atoms with van der Waals surface area (Å²) in [6, 6.07) is 8.00. The molecule has 11 nitrogen and oxygen atoms in total. The van der Waals surface area contributed by atoms with Gasteiger partial charge in [-0.2, -0.15) is 0 Å². The van der Waals surface area contributed by atoms with Crippen molar-refractivity contribution in [2.45, 2.75) is 264 Å². The first kappa shape index (κ1) is 57.5. The smallest absolute Gasteiger partial charge is 0.338 e. The summed E-state index contributed by atoms with van der Waals surface area (Å²) in [5.74, 6) is -2.12. The van der Waals surface area contributed by atoms with Crippen molar-refractivity contribution >= 4 is 17.8 Å². The summed E-state index contributed by atoms with van der Waals surface area (Å²) in [6.45, 7) is 13.0. The fourth-order valence-corrected chi connectivity index (χ4v) is 8.68. The molecule has 1 aromatic rings. The summed E-state index contributed by atoms with van der Waals surface area (Å²) in [4.78, 5) is 40.1. The Morgan fingerprint density at radius 1 is 0.727 bits per heavy atom. The molecule has 3 rings (SSSR count). The molecule has 2 fully saturated rings. The lowest BCUT2D eigenvalue weighted by Crippen LogP contribution is -2.59. The van der Waals surface area contributed by atoms with Gasteiger partial charge in [-0.25, -0.2) is 4.79 Å². The lowest BCUT2D eigenvalue weighted by atomic mass is 9.97. The topological polar surface area (TPSA) is 139 Å². The van der Waals surface area contributed by atoms with Gasteiger partial charge in [-0.05, 0) is 72.1 Å². The van der Waals surface area contributed by atoms with E-state index in [-0.39, 0.29) is 19.1 Å². The molecular weight excluding hydrogens is 835 g/mol. The fraction of sp³-hybridized carbons (Fsp3) is 0.800. The van der Waals surface area contributed by atoms with Crippen LogP contribution >= 0.6 is 0 Å². The maximum atomic E-state index is 13.7. The van der Waals surface area contributed by atoms with Gasteiger partial charge in [0.25, 0.3) is 0 Å². The van der Waals surface area contributed by atoms with Gasteiger partial charge in [0.2, 0.25) is 5.91 Å². The first-order valence-corrected chi connectivity index (χ1v) is 26.5.